The number of hydrogen-bond donors (Lipinski definition) is 0. The molecule has 1 heterocycles. The van der Waals surface area contributed by atoms with Crippen molar-refractivity contribution in [2.24, 2.45) is 0 Å². The zero-order valence-corrected chi connectivity index (χ0v) is 10.9. The second kappa shape index (κ2) is 5.52. The molecular weight excluding hydrogens is 330 g/mol. The van der Waals surface area contributed by atoms with Crippen LogP contribution in [0, 0.1) is 0 Å². The molecule has 0 aliphatic rings. The van der Waals surface area contributed by atoms with Crippen molar-refractivity contribution < 1.29 is 35.9 Å². The van der Waals surface area contributed by atoms with Crippen LogP contribution >= 0.6 is 0 Å². The lowest BCUT2D eigenvalue weighted by Crippen LogP contribution is -2.17. The molecule has 1 aromatic carbocycles. The lowest BCUT2D eigenvalue weighted by atomic mass is 10.0. The Morgan fingerprint density at radius 3 is 1.91 bits per heavy atom. The Labute approximate surface area is 124 Å². The predicted molar refractivity (Wildman–Crippen MR) is 63.8 cm³/mol. The van der Waals surface area contributed by atoms with E-state index in [1.807, 2.05) is 0 Å². The highest BCUT2D eigenvalue weighted by Gasteiger charge is 2.37. The summed E-state index contributed by atoms with van der Waals surface area (Å²) in [4.78, 5) is 22.4. The van der Waals surface area contributed by atoms with Crippen LogP contribution in [0.4, 0.5) is 26.3 Å². The van der Waals surface area contributed by atoms with Gasteiger partial charge < -0.3 is 0 Å². The smallest absolute Gasteiger partial charge is 0.296 e. The maximum atomic E-state index is 12.7. The van der Waals surface area contributed by atoms with Crippen LogP contribution in [-0.4, -0.2) is 22.0 Å². The van der Waals surface area contributed by atoms with Gasteiger partial charge in [0.15, 0.2) is 6.29 Å². The third kappa shape index (κ3) is 3.58. The number of alkyl halides is 6. The number of nitrogens with zero attached hydrogens (tertiary/aromatic N) is 2. The average Bonchev–Trinajstić information content (AvgIpc) is 2.93. The van der Waals surface area contributed by atoms with Crippen LogP contribution in [0.15, 0.2) is 30.5 Å². The Morgan fingerprint density at radius 1 is 1.00 bits per heavy atom. The van der Waals surface area contributed by atoms with E-state index in [2.05, 4.69) is 5.10 Å². The zero-order valence-electron chi connectivity index (χ0n) is 10.9. The number of carbonyl (C=O) groups is 2. The first-order valence-electron chi connectivity index (χ1n) is 5.87. The third-order valence-electron chi connectivity index (χ3n) is 2.77. The molecule has 0 aliphatic heterocycles. The van der Waals surface area contributed by atoms with E-state index in [1.165, 1.54) is 0 Å². The molecule has 0 fully saturated rings. The standard InChI is InChI=1S/C13H6F6N2O2/c14-12(15,16)8-3-7(4-9(5-8)13(17,18)19)11(23)21-2-1-10(6-22)20-21/h1-6H. The topological polar surface area (TPSA) is 52.0 Å². The summed E-state index contributed by atoms with van der Waals surface area (Å²) in [5.41, 5.74) is -4.27. The SMILES string of the molecule is O=Cc1ccn(C(=O)c2cc(C(F)(F)F)cc(C(F)(F)F)c2)n1. The summed E-state index contributed by atoms with van der Waals surface area (Å²) in [5.74, 6) is -1.23. The number of aromatic nitrogens is 2. The largest absolute Gasteiger partial charge is 0.416 e. The molecule has 0 saturated heterocycles. The zero-order chi connectivity index (χ0) is 17.4. The van der Waals surface area contributed by atoms with Gasteiger partial charge in [-0.05, 0) is 24.3 Å². The highest BCUT2D eigenvalue weighted by molar-refractivity contribution is 5.96. The van der Waals surface area contributed by atoms with E-state index in [4.69, 9.17) is 0 Å². The normalized spacial score (nSPS) is 12.3. The second-order valence-corrected chi connectivity index (χ2v) is 4.40. The molecule has 2 aromatic rings. The first-order chi connectivity index (χ1) is 10.5. The van der Waals surface area contributed by atoms with Gasteiger partial charge in [-0.1, -0.05) is 0 Å². The molecule has 122 valence electrons. The first-order valence-corrected chi connectivity index (χ1v) is 5.87. The monoisotopic (exact) mass is 336 g/mol. The van der Waals surface area contributed by atoms with Crippen LogP contribution in [0.1, 0.15) is 32.0 Å². The third-order valence-corrected chi connectivity index (χ3v) is 2.77. The van der Waals surface area contributed by atoms with E-state index < -0.39 is 35.0 Å². The van der Waals surface area contributed by atoms with Crippen LogP contribution in [0.5, 0.6) is 0 Å². The predicted octanol–water partition coefficient (Wildman–Crippen LogP) is 3.42. The molecule has 2 rings (SSSR count). The van der Waals surface area contributed by atoms with Crippen molar-refractivity contribution in [3.63, 3.8) is 0 Å². The fourth-order valence-corrected chi connectivity index (χ4v) is 1.72. The van der Waals surface area contributed by atoms with Gasteiger partial charge in [-0.25, -0.2) is 4.68 Å². The van der Waals surface area contributed by atoms with Gasteiger partial charge in [0.1, 0.15) is 5.69 Å². The van der Waals surface area contributed by atoms with E-state index in [0.29, 0.717) is 16.8 Å². The number of aldehydes is 1. The molecule has 0 aliphatic carbocycles. The van der Waals surface area contributed by atoms with Crippen LogP contribution in [0.25, 0.3) is 0 Å². The lowest BCUT2D eigenvalue weighted by molar-refractivity contribution is -0.143. The average molecular weight is 336 g/mol. The summed E-state index contributed by atoms with van der Waals surface area (Å²) in [6.07, 6.45) is -8.89. The molecule has 10 heteroatoms. The molecule has 1 aromatic heterocycles. The van der Waals surface area contributed by atoms with Crippen molar-refractivity contribution in [1.29, 1.82) is 0 Å². The number of hydrogen-bond acceptors (Lipinski definition) is 3. The van der Waals surface area contributed by atoms with Gasteiger partial charge in [-0.15, -0.1) is 0 Å². The van der Waals surface area contributed by atoms with Gasteiger partial charge in [0, 0.05) is 11.8 Å². The van der Waals surface area contributed by atoms with Gasteiger partial charge in [0.25, 0.3) is 5.91 Å². The number of rotatable bonds is 2. The second-order valence-electron chi connectivity index (χ2n) is 4.40. The van der Waals surface area contributed by atoms with Crippen molar-refractivity contribution in [2.75, 3.05) is 0 Å². The first kappa shape index (κ1) is 16.7. The Morgan fingerprint density at radius 2 is 1.52 bits per heavy atom. The maximum Gasteiger partial charge on any atom is 0.416 e. The Balaban J connectivity index is 2.56. The summed E-state index contributed by atoms with van der Waals surface area (Å²) in [5, 5.41) is 3.43. The highest BCUT2D eigenvalue weighted by Crippen LogP contribution is 2.36. The van der Waals surface area contributed by atoms with Gasteiger partial charge in [-0.2, -0.15) is 31.4 Å². The summed E-state index contributed by atoms with van der Waals surface area (Å²) in [6, 6.07) is 1.58. The summed E-state index contributed by atoms with van der Waals surface area (Å²) < 4.78 is 76.8. The van der Waals surface area contributed by atoms with E-state index in [-0.39, 0.29) is 18.0 Å². The maximum absolute atomic E-state index is 12.7. The molecule has 0 spiro atoms. The minimum Gasteiger partial charge on any atom is -0.296 e. The van der Waals surface area contributed by atoms with E-state index in [9.17, 15) is 35.9 Å². The molecule has 0 N–H and O–H groups in total. The molecule has 0 unspecified atom stereocenters. The highest BCUT2D eigenvalue weighted by atomic mass is 19.4. The minimum atomic E-state index is -5.06. The number of carbonyl (C=O) groups excluding carboxylic acids is 2. The number of benzene rings is 1. The van der Waals surface area contributed by atoms with E-state index in [1.54, 1.807) is 0 Å². The molecule has 23 heavy (non-hydrogen) atoms. The Bertz CT molecular complexity index is 728. The fourth-order valence-electron chi connectivity index (χ4n) is 1.72. The Kier molecular flexibility index (Phi) is 4.01. The molecular formula is C13H6F6N2O2. The Hall–Kier alpha value is -2.65. The van der Waals surface area contributed by atoms with Gasteiger partial charge in [0.2, 0.25) is 0 Å². The van der Waals surface area contributed by atoms with E-state index >= 15 is 0 Å². The van der Waals surface area contributed by atoms with Crippen LogP contribution in [-0.2, 0) is 12.4 Å². The van der Waals surface area contributed by atoms with Gasteiger partial charge in [-0.3, -0.25) is 9.59 Å². The molecule has 0 amide bonds. The fraction of sp³-hybridized carbons (Fsp3) is 0.154. The van der Waals surface area contributed by atoms with Crippen molar-refractivity contribution in [1.82, 2.24) is 9.78 Å². The molecule has 0 saturated carbocycles. The van der Waals surface area contributed by atoms with Crippen molar-refractivity contribution >= 4 is 12.2 Å². The molecule has 0 radical (unpaired) electrons. The minimum absolute atomic E-state index is 0.0866. The molecule has 4 nitrogen and oxygen atoms in total. The summed E-state index contributed by atoms with van der Waals surface area (Å²) in [7, 11) is 0. The van der Waals surface area contributed by atoms with Crippen molar-refractivity contribution in [2.45, 2.75) is 12.4 Å². The van der Waals surface area contributed by atoms with Crippen LogP contribution < -0.4 is 0 Å². The molecule has 0 atom stereocenters. The van der Waals surface area contributed by atoms with Crippen molar-refractivity contribution in [3.8, 4) is 0 Å². The van der Waals surface area contributed by atoms with Crippen LogP contribution in [0.3, 0.4) is 0 Å². The lowest BCUT2D eigenvalue weighted by Gasteiger charge is -2.13. The van der Waals surface area contributed by atoms with Crippen LogP contribution in [0.2, 0.25) is 0 Å². The number of halogens is 6. The molecule has 0 bridgehead atoms. The quantitative estimate of drug-likeness (QED) is 0.624. The van der Waals surface area contributed by atoms with Crippen molar-refractivity contribution in [3.05, 3.63) is 52.8 Å². The van der Waals surface area contributed by atoms with Gasteiger partial charge >= 0.3 is 12.4 Å². The summed E-state index contributed by atoms with van der Waals surface area (Å²) in [6.45, 7) is 0. The summed E-state index contributed by atoms with van der Waals surface area (Å²) >= 11 is 0. The van der Waals surface area contributed by atoms with Gasteiger partial charge in [0.05, 0.1) is 11.1 Å². The van der Waals surface area contributed by atoms with E-state index in [0.717, 1.165) is 12.3 Å².